The Balaban J connectivity index is 1.40. The van der Waals surface area contributed by atoms with Crippen LogP contribution in [0.4, 0.5) is 0 Å². The van der Waals surface area contributed by atoms with Gasteiger partial charge in [-0.25, -0.2) is 0 Å². The van der Waals surface area contributed by atoms with E-state index in [1.165, 1.54) is 38.2 Å². The molecule has 3 aliphatic rings. The molecule has 6 heteroatoms. The van der Waals surface area contributed by atoms with Crippen LogP contribution in [0.25, 0.3) is 0 Å². The van der Waals surface area contributed by atoms with Crippen LogP contribution in [0.5, 0.6) is 0 Å². The quantitative estimate of drug-likeness (QED) is 0.862. The Morgan fingerprint density at radius 3 is 2.65 bits per heavy atom. The number of fused-ring (bicyclic) bond motifs is 2. The highest BCUT2D eigenvalue weighted by molar-refractivity contribution is 5.94. The SMILES string of the molecule is Cc1cc(C(=O)NC2C[C@H]3CCC[C@@H](C2)N3CC2CCCO2)cc(=O)[nH]1. The first-order valence-electron chi connectivity index (χ1n) is 9.97. The largest absolute Gasteiger partial charge is 0.377 e. The molecule has 1 aromatic rings. The number of aryl methyl sites for hydroxylation is 1. The lowest BCUT2D eigenvalue weighted by Gasteiger charge is -2.49. The van der Waals surface area contributed by atoms with Crippen LogP contribution in [0, 0.1) is 6.92 Å². The number of amides is 1. The fourth-order valence-corrected chi connectivity index (χ4v) is 5.00. The van der Waals surface area contributed by atoms with Gasteiger partial charge in [0.05, 0.1) is 6.10 Å². The molecular weight excluding hydrogens is 330 g/mol. The Labute approximate surface area is 154 Å². The number of carbonyl (C=O) groups is 1. The third-order valence-electron chi connectivity index (χ3n) is 6.14. The maximum atomic E-state index is 12.6. The van der Waals surface area contributed by atoms with Crippen molar-refractivity contribution in [2.75, 3.05) is 13.2 Å². The lowest BCUT2D eigenvalue weighted by molar-refractivity contribution is -0.0165. The zero-order chi connectivity index (χ0) is 18.1. The van der Waals surface area contributed by atoms with Crippen molar-refractivity contribution >= 4 is 5.91 Å². The molecule has 6 nitrogen and oxygen atoms in total. The van der Waals surface area contributed by atoms with E-state index in [9.17, 15) is 9.59 Å². The Hall–Kier alpha value is -1.66. The number of aromatic amines is 1. The Bertz CT molecular complexity index is 696. The van der Waals surface area contributed by atoms with E-state index in [4.69, 9.17) is 4.74 Å². The topological polar surface area (TPSA) is 74.4 Å². The number of aromatic nitrogens is 1. The molecule has 3 fully saturated rings. The van der Waals surface area contributed by atoms with E-state index in [2.05, 4.69) is 15.2 Å². The van der Waals surface area contributed by atoms with E-state index in [1.54, 1.807) is 13.0 Å². The van der Waals surface area contributed by atoms with Crippen molar-refractivity contribution in [2.24, 2.45) is 0 Å². The molecular formula is C20H29N3O3. The molecule has 4 atom stereocenters. The van der Waals surface area contributed by atoms with Crippen LogP contribution in [0.2, 0.25) is 0 Å². The summed E-state index contributed by atoms with van der Waals surface area (Å²) in [5, 5.41) is 3.18. The third kappa shape index (κ3) is 3.86. The van der Waals surface area contributed by atoms with Gasteiger partial charge in [-0.05, 0) is 51.5 Å². The highest BCUT2D eigenvalue weighted by atomic mass is 16.5. The fraction of sp³-hybridized carbons (Fsp3) is 0.700. The summed E-state index contributed by atoms with van der Waals surface area (Å²) in [5.74, 6) is -0.130. The predicted molar refractivity (Wildman–Crippen MR) is 99.4 cm³/mol. The minimum absolute atomic E-state index is 0.130. The number of hydrogen-bond donors (Lipinski definition) is 2. The first-order valence-corrected chi connectivity index (χ1v) is 9.97. The van der Waals surface area contributed by atoms with Crippen molar-refractivity contribution in [2.45, 2.75) is 76.1 Å². The van der Waals surface area contributed by atoms with Gasteiger partial charge < -0.3 is 15.0 Å². The predicted octanol–water partition coefficient (Wildman–Crippen LogP) is 1.98. The average Bonchev–Trinajstić information content (AvgIpc) is 3.07. The number of piperidine rings is 2. The highest BCUT2D eigenvalue weighted by Crippen LogP contribution is 2.35. The molecule has 2 bridgehead atoms. The van der Waals surface area contributed by atoms with Crippen molar-refractivity contribution in [1.29, 1.82) is 0 Å². The van der Waals surface area contributed by atoms with E-state index in [1.807, 2.05) is 0 Å². The third-order valence-corrected chi connectivity index (χ3v) is 6.14. The summed E-state index contributed by atoms with van der Waals surface area (Å²) >= 11 is 0. The van der Waals surface area contributed by atoms with E-state index in [0.717, 1.165) is 26.0 Å². The molecule has 2 unspecified atom stereocenters. The molecule has 4 rings (SSSR count). The first kappa shape index (κ1) is 17.7. The molecule has 4 heterocycles. The summed E-state index contributed by atoms with van der Waals surface area (Å²) in [7, 11) is 0. The molecule has 0 aromatic carbocycles. The molecule has 0 radical (unpaired) electrons. The van der Waals surface area contributed by atoms with Crippen LogP contribution < -0.4 is 10.9 Å². The number of nitrogens with zero attached hydrogens (tertiary/aromatic N) is 1. The normalized spacial score (nSPS) is 31.7. The van der Waals surface area contributed by atoms with Gasteiger partial charge in [0.15, 0.2) is 0 Å². The monoisotopic (exact) mass is 359 g/mol. The molecule has 1 aromatic heterocycles. The van der Waals surface area contributed by atoms with Gasteiger partial charge >= 0.3 is 0 Å². The second kappa shape index (κ2) is 7.53. The number of ether oxygens (including phenoxy) is 1. The zero-order valence-electron chi connectivity index (χ0n) is 15.5. The zero-order valence-corrected chi connectivity index (χ0v) is 15.5. The average molecular weight is 359 g/mol. The second-order valence-electron chi connectivity index (χ2n) is 8.13. The Kier molecular flexibility index (Phi) is 5.14. The molecule has 3 aliphatic heterocycles. The summed E-state index contributed by atoms with van der Waals surface area (Å²) in [6, 6.07) is 4.40. The molecule has 0 aliphatic carbocycles. The van der Waals surface area contributed by atoms with E-state index in [0.29, 0.717) is 29.4 Å². The standard InChI is InChI=1S/C20H29N3O3/c1-13-8-14(9-19(24)21-13)20(25)22-15-10-16-4-2-5-17(11-15)23(16)12-18-6-3-7-26-18/h8-9,15-18H,2-7,10-12H2,1H3,(H,21,24)(H,22,25)/t15?,16-,17+,18?. The van der Waals surface area contributed by atoms with Gasteiger partial charge in [-0.3, -0.25) is 14.5 Å². The van der Waals surface area contributed by atoms with Crippen LogP contribution in [0.1, 0.15) is 61.0 Å². The van der Waals surface area contributed by atoms with Crippen LogP contribution in [-0.2, 0) is 4.74 Å². The van der Waals surface area contributed by atoms with Gasteiger partial charge in [-0.15, -0.1) is 0 Å². The number of rotatable bonds is 4. The summed E-state index contributed by atoms with van der Waals surface area (Å²) in [4.78, 5) is 29.6. The summed E-state index contributed by atoms with van der Waals surface area (Å²) in [5.41, 5.74) is 0.947. The van der Waals surface area contributed by atoms with Crippen molar-refractivity contribution in [3.8, 4) is 0 Å². The van der Waals surface area contributed by atoms with Crippen molar-refractivity contribution < 1.29 is 9.53 Å². The van der Waals surface area contributed by atoms with Gasteiger partial charge in [0.2, 0.25) is 5.56 Å². The van der Waals surface area contributed by atoms with E-state index < -0.39 is 0 Å². The van der Waals surface area contributed by atoms with Crippen LogP contribution in [0.3, 0.4) is 0 Å². The number of nitrogens with one attached hydrogen (secondary N) is 2. The maximum absolute atomic E-state index is 12.6. The molecule has 26 heavy (non-hydrogen) atoms. The molecule has 3 saturated heterocycles. The summed E-state index contributed by atoms with van der Waals surface area (Å²) in [6.07, 6.45) is 8.45. The first-order chi connectivity index (χ1) is 12.6. The highest BCUT2D eigenvalue weighted by Gasteiger charge is 2.40. The van der Waals surface area contributed by atoms with Crippen LogP contribution >= 0.6 is 0 Å². The summed E-state index contributed by atoms with van der Waals surface area (Å²) in [6.45, 7) is 3.75. The smallest absolute Gasteiger partial charge is 0.251 e. The van der Waals surface area contributed by atoms with E-state index >= 15 is 0 Å². The van der Waals surface area contributed by atoms with Gasteiger partial charge in [0, 0.05) is 48.6 Å². The number of H-pyrrole nitrogens is 1. The van der Waals surface area contributed by atoms with E-state index in [-0.39, 0.29) is 17.5 Å². The second-order valence-corrected chi connectivity index (χ2v) is 8.13. The lowest BCUT2D eigenvalue weighted by Crippen LogP contribution is -2.58. The van der Waals surface area contributed by atoms with Crippen molar-refractivity contribution in [3.05, 3.63) is 33.7 Å². The van der Waals surface area contributed by atoms with Gasteiger partial charge in [-0.2, -0.15) is 0 Å². The molecule has 1 amide bonds. The van der Waals surface area contributed by atoms with Gasteiger partial charge in [-0.1, -0.05) is 6.42 Å². The number of pyridine rings is 1. The molecule has 0 saturated carbocycles. The maximum Gasteiger partial charge on any atom is 0.251 e. The number of hydrogen-bond acceptors (Lipinski definition) is 4. The fourth-order valence-electron chi connectivity index (χ4n) is 5.00. The molecule has 2 N–H and O–H groups in total. The lowest BCUT2D eigenvalue weighted by atomic mass is 9.81. The minimum Gasteiger partial charge on any atom is -0.377 e. The molecule has 0 spiro atoms. The minimum atomic E-state index is -0.224. The van der Waals surface area contributed by atoms with Crippen LogP contribution in [-0.4, -0.2) is 53.2 Å². The van der Waals surface area contributed by atoms with Crippen molar-refractivity contribution in [3.63, 3.8) is 0 Å². The Morgan fingerprint density at radius 1 is 1.23 bits per heavy atom. The molecule has 142 valence electrons. The van der Waals surface area contributed by atoms with Gasteiger partial charge in [0.1, 0.15) is 0 Å². The van der Waals surface area contributed by atoms with Gasteiger partial charge in [0.25, 0.3) is 5.91 Å². The Morgan fingerprint density at radius 2 is 2.00 bits per heavy atom. The summed E-state index contributed by atoms with van der Waals surface area (Å²) < 4.78 is 5.85. The van der Waals surface area contributed by atoms with Crippen molar-refractivity contribution in [1.82, 2.24) is 15.2 Å². The van der Waals surface area contributed by atoms with Crippen LogP contribution in [0.15, 0.2) is 16.9 Å². The number of carbonyl (C=O) groups excluding carboxylic acids is 1.